The number of phenolic OH excluding ortho intramolecular Hbond substituents is 1. The van der Waals surface area contributed by atoms with Crippen molar-refractivity contribution in [3.05, 3.63) is 66.0 Å². The minimum Gasteiger partial charge on any atom is -0.508 e. The molecule has 0 saturated carbocycles. The third-order valence-corrected chi connectivity index (χ3v) is 4.77. The molecule has 0 aliphatic carbocycles. The second-order valence-electron chi connectivity index (χ2n) is 6.44. The second kappa shape index (κ2) is 6.74. The van der Waals surface area contributed by atoms with Crippen LogP contribution in [0.3, 0.4) is 0 Å². The molecule has 4 rings (SSSR count). The third-order valence-electron chi connectivity index (χ3n) is 4.77. The number of hydrogen-bond acceptors (Lipinski definition) is 4. The van der Waals surface area contributed by atoms with Gasteiger partial charge in [-0.05, 0) is 54.8 Å². The quantitative estimate of drug-likeness (QED) is 0.403. The fraction of sp³-hybridized carbons (Fsp3) is 0.200. The van der Waals surface area contributed by atoms with Crippen LogP contribution in [-0.4, -0.2) is 33.1 Å². The van der Waals surface area contributed by atoms with E-state index in [4.69, 9.17) is 5.73 Å². The molecule has 0 spiro atoms. The zero-order valence-corrected chi connectivity index (χ0v) is 14.4. The van der Waals surface area contributed by atoms with Crippen LogP contribution in [0.25, 0.3) is 21.8 Å². The molecular weight excluding hydrogens is 328 g/mol. The minimum atomic E-state index is 0.205. The van der Waals surface area contributed by atoms with Gasteiger partial charge in [0.05, 0.1) is 12.1 Å². The average molecular weight is 350 g/mol. The Kier molecular flexibility index (Phi) is 4.28. The third kappa shape index (κ3) is 2.89. The molecule has 0 bridgehead atoms. The first-order chi connectivity index (χ1) is 12.7. The highest BCUT2D eigenvalue weighted by Crippen LogP contribution is 2.26. The number of nitrogens with two attached hydrogens (primary N) is 1. The Morgan fingerprint density at radius 2 is 1.88 bits per heavy atom. The summed E-state index contributed by atoms with van der Waals surface area (Å²) in [5.41, 5.74) is 9.80. The molecule has 0 saturated heterocycles. The van der Waals surface area contributed by atoms with Crippen molar-refractivity contribution in [2.75, 3.05) is 18.3 Å². The van der Waals surface area contributed by atoms with Crippen molar-refractivity contribution in [3.63, 3.8) is 0 Å². The summed E-state index contributed by atoms with van der Waals surface area (Å²) >= 11 is 0. The fourth-order valence-corrected chi connectivity index (χ4v) is 3.48. The number of nitrogens with one attached hydrogen (secondary N) is 1. The molecule has 2 aromatic heterocycles. The fourth-order valence-electron chi connectivity index (χ4n) is 3.48. The van der Waals surface area contributed by atoms with Crippen LogP contribution >= 0.6 is 0 Å². The highest BCUT2D eigenvalue weighted by molar-refractivity contribution is 5.86. The van der Waals surface area contributed by atoms with Crippen molar-refractivity contribution in [3.8, 4) is 5.75 Å². The molecule has 0 amide bonds. The summed E-state index contributed by atoms with van der Waals surface area (Å²) in [5, 5.41) is 23.7. The lowest BCUT2D eigenvalue weighted by Gasteiger charge is -2.19. The Hall–Kier alpha value is -2.96. The van der Waals surface area contributed by atoms with Crippen molar-refractivity contribution >= 4 is 21.8 Å². The molecule has 2 aromatic carbocycles. The number of aromatic hydroxyl groups is 1. The van der Waals surface area contributed by atoms with Crippen LogP contribution < -0.4 is 10.9 Å². The van der Waals surface area contributed by atoms with Gasteiger partial charge in [-0.3, -0.25) is 5.21 Å². The molecule has 6 heteroatoms. The van der Waals surface area contributed by atoms with E-state index in [1.54, 1.807) is 22.9 Å². The summed E-state index contributed by atoms with van der Waals surface area (Å²) in [7, 11) is 0. The molecule has 0 fully saturated rings. The van der Waals surface area contributed by atoms with E-state index in [0.29, 0.717) is 25.9 Å². The van der Waals surface area contributed by atoms with Crippen LogP contribution in [0, 0.1) is 0 Å². The maximum atomic E-state index is 10.6. The summed E-state index contributed by atoms with van der Waals surface area (Å²) < 4.78 is 1.72. The highest BCUT2D eigenvalue weighted by Gasteiger charge is 2.13. The van der Waals surface area contributed by atoms with Crippen molar-refractivity contribution < 1.29 is 10.3 Å². The van der Waals surface area contributed by atoms with Gasteiger partial charge in [-0.1, -0.05) is 18.2 Å². The zero-order chi connectivity index (χ0) is 18.1. The normalized spacial score (nSPS) is 11.5. The highest BCUT2D eigenvalue weighted by atomic mass is 16.5. The molecule has 5 N–H and O–H groups in total. The van der Waals surface area contributed by atoms with Crippen LogP contribution in [0.1, 0.15) is 11.1 Å². The average Bonchev–Trinajstić information content (AvgIpc) is 3.22. The molecule has 4 aromatic rings. The molecule has 0 radical (unpaired) electrons. The number of phenols is 1. The van der Waals surface area contributed by atoms with Gasteiger partial charge in [0.2, 0.25) is 0 Å². The van der Waals surface area contributed by atoms with Gasteiger partial charge in [-0.25, -0.2) is 4.68 Å². The van der Waals surface area contributed by atoms with Crippen LogP contribution in [0.5, 0.6) is 5.75 Å². The Morgan fingerprint density at radius 1 is 1.04 bits per heavy atom. The van der Waals surface area contributed by atoms with Crippen LogP contribution in [0.4, 0.5) is 0 Å². The lowest BCUT2D eigenvalue weighted by atomic mass is 10.1. The van der Waals surface area contributed by atoms with Gasteiger partial charge in [0.25, 0.3) is 0 Å². The second-order valence-corrected chi connectivity index (χ2v) is 6.44. The number of benzene rings is 2. The molecule has 6 nitrogen and oxygen atoms in total. The zero-order valence-electron chi connectivity index (χ0n) is 14.4. The maximum absolute atomic E-state index is 10.6. The van der Waals surface area contributed by atoms with Gasteiger partial charge >= 0.3 is 0 Å². The lowest BCUT2D eigenvalue weighted by Crippen LogP contribution is -2.32. The molecule has 26 heavy (non-hydrogen) atoms. The molecule has 2 heterocycles. The minimum absolute atomic E-state index is 0.205. The van der Waals surface area contributed by atoms with E-state index in [-0.39, 0.29) is 5.75 Å². The number of aromatic nitrogens is 2. The van der Waals surface area contributed by atoms with E-state index in [0.717, 1.165) is 27.5 Å². The van der Waals surface area contributed by atoms with Gasteiger partial charge in [-0.2, -0.15) is 5.17 Å². The van der Waals surface area contributed by atoms with E-state index in [2.05, 4.69) is 11.1 Å². The number of fused-ring (bicyclic) bond motifs is 2. The van der Waals surface area contributed by atoms with Gasteiger partial charge in [0.1, 0.15) is 5.75 Å². The molecule has 0 unspecified atom stereocenters. The van der Waals surface area contributed by atoms with E-state index in [9.17, 15) is 10.3 Å². The van der Waals surface area contributed by atoms with Gasteiger partial charge in [0.15, 0.2) is 0 Å². The van der Waals surface area contributed by atoms with Gasteiger partial charge < -0.3 is 15.8 Å². The summed E-state index contributed by atoms with van der Waals surface area (Å²) in [6.45, 7) is 0.949. The van der Waals surface area contributed by atoms with Gasteiger partial charge in [-0.15, -0.1) is 0 Å². The van der Waals surface area contributed by atoms with E-state index >= 15 is 0 Å². The Labute approximate surface area is 151 Å². The lowest BCUT2D eigenvalue weighted by molar-refractivity contribution is 0.177. The summed E-state index contributed by atoms with van der Waals surface area (Å²) in [4.78, 5) is 3.26. The number of hydroxylamine groups is 1. The Bertz CT molecular complexity index is 1050. The summed E-state index contributed by atoms with van der Waals surface area (Å²) in [5.74, 6) is 0.205. The topological polar surface area (TPSA) is 90.4 Å². The number of hydrogen-bond donors (Lipinski definition) is 4. The summed E-state index contributed by atoms with van der Waals surface area (Å²) in [6, 6.07) is 13.3. The predicted molar refractivity (Wildman–Crippen MR) is 103 cm³/mol. The van der Waals surface area contributed by atoms with Crippen molar-refractivity contribution in [2.45, 2.75) is 12.8 Å². The van der Waals surface area contributed by atoms with Crippen molar-refractivity contribution in [1.82, 2.24) is 9.66 Å². The van der Waals surface area contributed by atoms with Crippen LogP contribution in [0.15, 0.2) is 54.9 Å². The monoisotopic (exact) mass is 350 g/mol. The van der Waals surface area contributed by atoms with Crippen molar-refractivity contribution in [2.24, 2.45) is 5.73 Å². The smallest absolute Gasteiger partial charge is 0.116 e. The van der Waals surface area contributed by atoms with Crippen molar-refractivity contribution in [1.29, 1.82) is 0 Å². The number of nitrogens with zero attached hydrogens (tertiary/aromatic N) is 2. The standard InChI is InChI=1S/C20H22N4O2/c21-9-7-15-13-23(20-6-5-16(25)11-18(15)20)24(26)10-8-14-12-22-19-4-2-1-3-17(14)19/h1-6,11-13,22,25-26H,7-10,21H2. The first-order valence-electron chi connectivity index (χ1n) is 8.72. The molecule has 134 valence electrons. The largest absolute Gasteiger partial charge is 0.508 e. The first-order valence-corrected chi connectivity index (χ1v) is 8.72. The van der Waals surface area contributed by atoms with Crippen LogP contribution in [0.2, 0.25) is 0 Å². The number of H-pyrrole nitrogens is 1. The van der Waals surface area contributed by atoms with E-state index < -0.39 is 0 Å². The Morgan fingerprint density at radius 3 is 2.73 bits per heavy atom. The Balaban J connectivity index is 1.60. The first kappa shape index (κ1) is 16.5. The number of aromatic amines is 1. The number of para-hydroxylation sites is 1. The van der Waals surface area contributed by atoms with E-state index in [1.807, 2.05) is 30.6 Å². The predicted octanol–water partition coefficient (Wildman–Crippen LogP) is 2.90. The maximum Gasteiger partial charge on any atom is 0.116 e. The van der Waals surface area contributed by atoms with Crippen LogP contribution in [-0.2, 0) is 12.8 Å². The summed E-state index contributed by atoms with van der Waals surface area (Å²) in [6.07, 6.45) is 5.25. The van der Waals surface area contributed by atoms with Gasteiger partial charge in [0, 0.05) is 28.7 Å². The molecule has 0 aliphatic rings. The molecular formula is C20H22N4O2. The molecule has 0 atom stereocenters. The number of rotatable bonds is 6. The van der Waals surface area contributed by atoms with E-state index in [1.165, 1.54) is 10.6 Å². The SMILES string of the molecule is NCCc1cn(N(O)CCc2c[nH]c3ccccc23)c2ccc(O)cc12. The molecule has 0 aliphatic heterocycles.